The number of benzene rings is 2. The van der Waals surface area contributed by atoms with Crippen molar-refractivity contribution in [2.45, 2.75) is 25.8 Å². The zero-order valence-corrected chi connectivity index (χ0v) is 14.3. The molecule has 0 bridgehead atoms. The van der Waals surface area contributed by atoms with Crippen molar-refractivity contribution in [2.24, 2.45) is 0 Å². The monoisotopic (exact) mass is 377 g/mol. The summed E-state index contributed by atoms with van der Waals surface area (Å²) in [5, 5.41) is 2.87. The van der Waals surface area contributed by atoms with Gasteiger partial charge >= 0.3 is 0 Å². The SMILES string of the molecule is C[C@@H](NC(=O)CCC(=O)c1ccc(F)cc1)c1cccc(Br)c1. The fourth-order valence-corrected chi connectivity index (χ4v) is 2.60. The van der Waals surface area contributed by atoms with Crippen LogP contribution in [-0.4, -0.2) is 11.7 Å². The summed E-state index contributed by atoms with van der Waals surface area (Å²) >= 11 is 3.39. The molecule has 2 rings (SSSR count). The number of halogens is 2. The molecule has 1 atom stereocenters. The van der Waals surface area contributed by atoms with Crippen molar-refractivity contribution in [1.82, 2.24) is 5.32 Å². The van der Waals surface area contributed by atoms with Crippen LogP contribution >= 0.6 is 15.9 Å². The predicted molar refractivity (Wildman–Crippen MR) is 90.7 cm³/mol. The number of hydrogen-bond donors (Lipinski definition) is 1. The topological polar surface area (TPSA) is 46.2 Å². The molecule has 0 spiro atoms. The number of ketones is 1. The van der Waals surface area contributed by atoms with E-state index in [-0.39, 0.29) is 36.4 Å². The highest BCUT2D eigenvalue weighted by Crippen LogP contribution is 2.18. The molecule has 0 heterocycles. The Balaban J connectivity index is 1.85. The summed E-state index contributed by atoms with van der Waals surface area (Å²) < 4.78 is 13.8. The molecule has 2 aromatic rings. The van der Waals surface area contributed by atoms with Crippen LogP contribution in [0.3, 0.4) is 0 Å². The van der Waals surface area contributed by atoms with E-state index in [1.807, 2.05) is 31.2 Å². The fraction of sp³-hybridized carbons (Fsp3) is 0.222. The van der Waals surface area contributed by atoms with Crippen molar-refractivity contribution in [3.8, 4) is 0 Å². The molecule has 0 radical (unpaired) electrons. The van der Waals surface area contributed by atoms with E-state index in [4.69, 9.17) is 0 Å². The molecule has 23 heavy (non-hydrogen) atoms. The summed E-state index contributed by atoms with van der Waals surface area (Å²) in [6.45, 7) is 1.89. The van der Waals surface area contributed by atoms with Crippen LogP contribution in [0, 0.1) is 5.82 Å². The highest BCUT2D eigenvalue weighted by Gasteiger charge is 2.12. The Hall–Kier alpha value is -2.01. The minimum absolute atomic E-state index is 0.0999. The zero-order chi connectivity index (χ0) is 16.8. The van der Waals surface area contributed by atoms with Crippen LogP contribution in [0.15, 0.2) is 53.0 Å². The molecule has 0 aliphatic rings. The van der Waals surface area contributed by atoms with Gasteiger partial charge in [0.05, 0.1) is 6.04 Å². The van der Waals surface area contributed by atoms with Gasteiger partial charge in [-0.1, -0.05) is 28.1 Å². The zero-order valence-electron chi connectivity index (χ0n) is 12.7. The maximum Gasteiger partial charge on any atom is 0.220 e. The number of rotatable bonds is 6. The van der Waals surface area contributed by atoms with E-state index in [0.29, 0.717) is 5.56 Å². The molecule has 0 fully saturated rings. The van der Waals surface area contributed by atoms with Gasteiger partial charge in [0, 0.05) is 22.9 Å². The van der Waals surface area contributed by atoms with Gasteiger partial charge in [-0.3, -0.25) is 9.59 Å². The van der Waals surface area contributed by atoms with Gasteiger partial charge in [0.15, 0.2) is 5.78 Å². The lowest BCUT2D eigenvalue weighted by Gasteiger charge is -2.14. The van der Waals surface area contributed by atoms with E-state index in [1.165, 1.54) is 24.3 Å². The third-order valence-corrected chi connectivity index (χ3v) is 3.96. The van der Waals surface area contributed by atoms with Gasteiger partial charge in [-0.25, -0.2) is 4.39 Å². The van der Waals surface area contributed by atoms with Gasteiger partial charge in [-0.2, -0.15) is 0 Å². The van der Waals surface area contributed by atoms with Crippen molar-refractivity contribution >= 4 is 27.6 Å². The normalized spacial score (nSPS) is 11.8. The first-order valence-electron chi connectivity index (χ1n) is 7.29. The van der Waals surface area contributed by atoms with Crippen molar-refractivity contribution in [2.75, 3.05) is 0 Å². The minimum atomic E-state index is -0.387. The third kappa shape index (κ3) is 5.28. The van der Waals surface area contributed by atoms with Crippen LogP contribution in [0.2, 0.25) is 0 Å². The van der Waals surface area contributed by atoms with Gasteiger partial charge in [0.25, 0.3) is 0 Å². The van der Waals surface area contributed by atoms with Crippen LogP contribution in [-0.2, 0) is 4.79 Å². The average molecular weight is 378 g/mol. The van der Waals surface area contributed by atoms with Gasteiger partial charge in [0.1, 0.15) is 5.82 Å². The highest BCUT2D eigenvalue weighted by molar-refractivity contribution is 9.10. The van der Waals surface area contributed by atoms with Crippen molar-refractivity contribution < 1.29 is 14.0 Å². The molecule has 120 valence electrons. The molecule has 1 N–H and O–H groups in total. The van der Waals surface area contributed by atoms with Crippen molar-refractivity contribution in [3.63, 3.8) is 0 Å². The summed E-state index contributed by atoms with van der Waals surface area (Å²) in [4.78, 5) is 23.9. The lowest BCUT2D eigenvalue weighted by Crippen LogP contribution is -2.26. The summed E-state index contributed by atoms with van der Waals surface area (Å²) in [5.41, 5.74) is 1.40. The van der Waals surface area contributed by atoms with E-state index < -0.39 is 0 Å². The largest absolute Gasteiger partial charge is 0.350 e. The molecule has 0 aliphatic heterocycles. The second-order valence-electron chi connectivity index (χ2n) is 5.27. The molecule has 5 heteroatoms. The van der Waals surface area contributed by atoms with E-state index in [0.717, 1.165) is 10.0 Å². The second kappa shape index (κ2) is 8.02. The molecule has 2 aromatic carbocycles. The molecular weight excluding hydrogens is 361 g/mol. The summed E-state index contributed by atoms with van der Waals surface area (Å²) in [5.74, 6) is -0.745. The number of Topliss-reactive ketones (excluding diaryl/α,β-unsaturated/α-hetero) is 1. The summed E-state index contributed by atoms with van der Waals surface area (Å²) in [7, 11) is 0. The third-order valence-electron chi connectivity index (χ3n) is 3.47. The first kappa shape index (κ1) is 17.3. The molecule has 0 unspecified atom stereocenters. The van der Waals surface area contributed by atoms with E-state index in [2.05, 4.69) is 21.2 Å². The van der Waals surface area contributed by atoms with Crippen LogP contribution in [0.5, 0.6) is 0 Å². The molecule has 0 saturated heterocycles. The predicted octanol–water partition coefficient (Wildman–Crippen LogP) is 4.43. The van der Waals surface area contributed by atoms with E-state index in [1.54, 1.807) is 0 Å². The standard InChI is InChI=1S/C18H17BrFNO2/c1-12(14-3-2-4-15(19)11-14)21-18(23)10-9-17(22)13-5-7-16(20)8-6-13/h2-8,11-12H,9-10H2,1H3,(H,21,23)/t12-/m1/s1. The molecule has 1 amide bonds. The molecule has 0 aliphatic carbocycles. The Labute approximate surface area is 143 Å². The smallest absolute Gasteiger partial charge is 0.220 e. The Morgan fingerprint density at radius 1 is 1.13 bits per heavy atom. The van der Waals surface area contributed by atoms with Crippen LogP contribution in [0.4, 0.5) is 4.39 Å². The Morgan fingerprint density at radius 3 is 2.48 bits per heavy atom. The number of hydrogen-bond acceptors (Lipinski definition) is 2. The van der Waals surface area contributed by atoms with Gasteiger partial charge in [0.2, 0.25) is 5.91 Å². The Kier molecular flexibility index (Phi) is 6.04. The Morgan fingerprint density at radius 2 is 1.83 bits per heavy atom. The first-order valence-corrected chi connectivity index (χ1v) is 8.08. The number of amides is 1. The summed E-state index contributed by atoms with van der Waals surface area (Å²) in [6.07, 6.45) is 0.206. The van der Waals surface area contributed by atoms with Crippen LogP contribution in [0.25, 0.3) is 0 Å². The number of nitrogens with one attached hydrogen (secondary N) is 1. The van der Waals surface area contributed by atoms with Crippen molar-refractivity contribution in [1.29, 1.82) is 0 Å². The lowest BCUT2D eigenvalue weighted by atomic mass is 10.1. The van der Waals surface area contributed by atoms with Gasteiger partial charge in [-0.15, -0.1) is 0 Å². The van der Waals surface area contributed by atoms with Crippen LogP contribution < -0.4 is 5.32 Å². The molecule has 0 saturated carbocycles. The molecule has 3 nitrogen and oxygen atoms in total. The first-order chi connectivity index (χ1) is 11.0. The van der Waals surface area contributed by atoms with Gasteiger partial charge in [-0.05, 0) is 48.9 Å². The minimum Gasteiger partial charge on any atom is -0.350 e. The average Bonchev–Trinajstić information content (AvgIpc) is 2.53. The number of carbonyl (C=O) groups excluding carboxylic acids is 2. The molecular formula is C18H17BrFNO2. The lowest BCUT2D eigenvalue weighted by molar-refractivity contribution is -0.121. The Bertz CT molecular complexity index is 700. The quantitative estimate of drug-likeness (QED) is 0.756. The second-order valence-corrected chi connectivity index (χ2v) is 6.19. The van der Waals surface area contributed by atoms with Gasteiger partial charge < -0.3 is 5.32 Å². The van der Waals surface area contributed by atoms with E-state index >= 15 is 0 Å². The highest BCUT2D eigenvalue weighted by atomic mass is 79.9. The maximum atomic E-state index is 12.8. The van der Waals surface area contributed by atoms with E-state index in [9.17, 15) is 14.0 Å². The van der Waals surface area contributed by atoms with Crippen LogP contribution in [0.1, 0.15) is 41.7 Å². The summed E-state index contributed by atoms with van der Waals surface area (Å²) in [6, 6.07) is 12.9. The molecule has 0 aromatic heterocycles. The fourth-order valence-electron chi connectivity index (χ4n) is 2.18. The maximum absolute atomic E-state index is 12.8. The number of carbonyl (C=O) groups is 2. The van der Waals surface area contributed by atoms with Crippen molar-refractivity contribution in [3.05, 3.63) is 69.9 Å².